The Bertz CT molecular complexity index is 723. The first kappa shape index (κ1) is 12.3. The van der Waals surface area contributed by atoms with Gasteiger partial charge < -0.3 is 0 Å². The van der Waals surface area contributed by atoms with Crippen molar-refractivity contribution in [2.45, 2.75) is 6.42 Å². The summed E-state index contributed by atoms with van der Waals surface area (Å²) >= 11 is 0. The first-order valence-corrected chi connectivity index (χ1v) is 6.44. The first-order chi connectivity index (χ1) is 9.92. The van der Waals surface area contributed by atoms with Gasteiger partial charge in [0.1, 0.15) is 0 Å². The summed E-state index contributed by atoms with van der Waals surface area (Å²) in [5, 5.41) is 4.21. The molecule has 3 rings (SSSR count). The Balaban J connectivity index is 1.65. The van der Waals surface area contributed by atoms with E-state index in [-0.39, 0.29) is 0 Å². The second-order valence-corrected chi connectivity index (χ2v) is 4.37. The van der Waals surface area contributed by atoms with Crippen molar-refractivity contribution >= 4 is 22.9 Å². The van der Waals surface area contributed by atoms with E-state index >= 15 is 0 Å². The lowest BCUT2D eigenvalue weighted by Gasteiger charge is -2.00. The lowest BCUT2D eigenvalue weighted by molar-refractivity contribution is 1.26. The van der Waals surface area contributed by atoms with E-state index in [0.717, 1.165) is 28.7 Å². The standard InChI is InChI=1S/C16H14N4/c1-2-4-14(5-3-1)20-19-9-8-13-6-7-15-16(12-13)18-11-10-17-15/h1-7,9-12,20H,8H2/b19-9+. The summed E-state index contributed by atoms with van der Waals surface area (Å²) in [5.41, 5.74) is 6.96. The fourth-order valence-corrected chi connectivity index (χ4v) is 1.92. The van der Waals surface area contributed by atoms with Crippen LogP contribution in [-0.2, 0) is 6.42 Å². The van der Waals surface area contributed by atoms with Gasteiger partial charge in [-0.25, -0.2) is 0 Å². The lowest BCUT2D eigenvalue weighted by Crippen LogP contribution is -1.92. The van der Waals surface area contributed by atoms with Crippen molar-refractivity contribution < 1.29 is 0 Å². The fraction of sp³-hybridized carbons (Fsp3) is 0.0625. The van der Waals surface area contributed by atoms with Gasteiger partial charge in [0.25, 0.3) is 0 Å². The molecule has 1 aromatic heterocycles. The maximum atomic E-state index is 4.30. The van der Waals surface area contributed by atoms with Crippen molar-refractivity contribution in [2.24, 2.45) is 5.10 Å². The van der Waals surface area contributed by atoms with E-state index < -0.39 is 0 Å². The number of rotatable bonds is 4. The molecule has 1 N–H and O–H groups in total. The highest BCUT2D eigenvalue weighted by Gasteiger charge is 1.96. The minimum Gasteiger partial charge on any atom is -0.279 e. The van der Waals surface area contributed by atoms with Gasteiger partial charge in [0, 0.05) is 25.0 Å². The van der Waals surface area contributed by atoms with E-state index in [1.165, 1.54) is 0 Å². The molecule has 0 aliphatic carbocycles. The molecule has 0 aliphatic rings. The molecule has 20 heavy (non-hydrogen) atoms. The highest BCUT2D eigenvalue weighted by Crippen LogP contribution is 2.11. The zero-order valence-corrected chi connectivity index (χ0v) is 10.9. The average Bonchev–Trinajstić information content (AvgIpc) is 2.52. The maximum absolute atomic E-state index is 4.30. The summed E-state index contributed by atoms with van der Waals surface area (Å²) in [6.45, 7) is 0. The summed E-state index contributed by atoms with van der Waals surface area (Å²) in [5.74, 6) is 0. The molecule has 0 aliphatic heterocycles. The number of hydrazone groups is 1. The van der Waals surface area contributed by atoms with E-state index in [1.54, 1.807) is 12.4 Å². The fourth-order valence-electron chi connectivity index (χ4n) is 1.92. The Hall–Kier alpha value is -2.75. The number of nitrogens with one attached hydrogen (secondary N) is 1. The lowest BCUT2D eigenvalue weighted by atomic mass is 10.1. The first-order valence-electron chi connectivity index (χ1n) is 6.44. The van der Waals surface area contributed by atoms with Gasteiger partial charge in [0.2, 0.25) is 0 Å². The molecule has 0 spiro atoms. The van der Waals surface area contributed by atoms with Crippen molar-refractivity contribution in [1.82, 2.24) is 9.97 Å². The summed E-state index contributed by atoms with van der Waals surface area (Å²) < 4.78 is 0. The minimum atomic E-state index is 0.756. The SMILES string of the molecule is C(/Cc1ccc2nccnc2c1)=N\Nc1ccccc1. The van der Waals surface area contributed by atoms with Crippen LogP contribution in [0.15, 0.2) is 66.0 Å². The topological polar surface area (TPSA) is 50.2 Å². The smallest absolute Gasteiger partial charge is 0.0889 e. The molecule has 0 fully saturated rings. The minimum absolute atomic E-state index is 0.756. The normalized spacial score (nSPS) is 11.0. The molecule has 0 amide bonds. The number of anilines is 1. The number of para-hydroxylation sites is 1. The highest BCUT2D eigenvalue weighted by atomic mass is 15.3. The number of benzene rings is 2. The molecule has 0 atom stereocenters. The summed E-state index contributed by atoms with van der Waals surface area (Å²) in [7, 11) is 0. The maximum Gasteiger partial charge on any atom is 0.0889 e. The second-order valence-electron chi connectivity index (χ2n) is 4.37. The number of hydrogen-bond donors (Lipinski definition) is 1. The quantitative estimate of drug-likeness (QED) is 0.580. The van der Waals surface area contributed by atoms with Gasteiger partial charge in [-0.1, -0.05) is 24.3 Å². The Labute approximate surface area is 117 Å². The monoisotopic (exact) mass is 262 g/mol. The van der Waals surface area contributed by atoms with Crippen molar-refractivity contribution in [1.29, 1.82) is 0 Å². The van der Waals surface area contributed by atoms with Crippen LogP contribution in [0.3, 0.4) is 0 Å². The number of nitrogens with zero attached hydrogens (tertiary/aromatic N) is 3. The van der Waals surface area contributed by atoms with E-state index in [9.17, 15) is 0 Å². The molecule has 4 heteroatoms. The van der Waals surface area contributed by atoms with Crippen LogP contribution in [0.25, 0.3) is 11.0 Å². The predicted molar refractivity (Wildman–Crippen MR) is 81.8 cm³/mol. The van der Waals surface area contributed by atoms with Crippen LogP contribution in [0, 0.1) is 0 Å². The van der Waals surface area contributed by atoms with Gasteiger partial charge in [-0.05, 0) is 29.8 Å². The predicted octanol–water partition coefficient (Wildman–Crippen LogP) is 3.27. The van der Waals surface area contributed by atoms with Gasteiger partial charge >= 0.3 is 0 Å². The van der Waals surface area contributed by atoms with Crippen molar-refractivity contribution in [3.63, 3.8) is 0 Å². The third kappa shape index (κ3) is 2.98. The third-order valence-electron chi connectivity index (χ3n) is 2.92. The summed E-state index contributed by atoms with van der Waals surface area (Å²) in [6.07, 6.45) is 6.02. The van der Waals surface area contributed by atoms with Gasteiger partial charge in [-0.3, -0.25) is 15.4 Å². The van der Waals surface area contributed by atoms with Crippen molar-refractivity contribution in [3.8, 4) is 0 Å². The van der Waals surface area contributed by atoms with Crippen LogP contribution < -0.4 is 5.43 Å². The van der Waals surface area contributed by atoms with Crippen LogP contribution in [0.5, 0.6) is 0 Å². The molecule has 3 aromatic rings. The van der Waals surface area contributed by atoms with Crippen LogP contribution >= 0.6 is 0 Å². The van der Waals surface area contributed by atoms with Crippen LogP contribution in [0.4, 0.5) is 5.69 Å². The molecule has 98 valence electrons. The second kappa shape index (κ2) is 5.93. The van der Waals surface area contributed by atoms with Crippen LogP contribution in [0.1, 0.15) is 5.56 Å². The van der Waals surface area contributed by atoms with Gasteiger partial charge in [0.05, 0.1) is 16.7 Å². The number of fused-ring (bicyclic) bond motifs is 1. The molecule has 0 saturated heterocycles. The Morgan fingerprint density at radius 1 is 0.950 bits per heavy atom. The van der Waals surface area contributed by atoms with E-state index in [0.29, 0.717) is 0 Å². The Morgan fingerprint density at radius 3 is 2.60 bits per heavy atom. The zero-order valence-electron chi connectivity index (χ0n) is 10.9. The molecule has 0 bridgehead atoms. The third-order valence-corrected chi connectivity index (χ3v) is 2.92. The summed E-state index contributed by atoms with van der Waals surface area (Å²) in [6, 6.07) is 15.9. The van der Waals surface area contributed by atoms with Gasteiger partial charge in [-0.2, -0.15) is 5.10 Å². The molecular formula is C16H14N4. The molecular weight excluding hydrogens is 248 g/mol. The van der Waals surface area contributed by atoms with E-state index in [4.69, 9.17) is 0 Å². The molecule has 1 heterocycles. The molecule has 0 unspecified atom stereocenters. The van der Waals surface area contributed by atoms with E-state index in [1.807, 2.05) is 54.7 Å². The average molecular weight is 262 g/mol. The number of aromatic nitrogens is 2. The van der Waals surface area contributed by atoms with Crippen molar-refractivity contribution in [3.05, 3.63) is 66.5 Å². The molecule has 0 saturated carbocycles. The highest BCUT2D eigenvalue weighted by molar-refractivity contribution is 5.76. The van der Waals surface area contributed by atoms with Crippen LogP contribution in [0.2, 0.25) is 0 Å². The Kier molecular flexibility index (Phi) is 3.64. The Morgan fingerprint density at radius 2 is 1.75 bits per heavy atom. The van der Waals surface area contributed by atoms with E-state index in [2.05, 4.69) is 20.5 Å². The largest absolute Gasteiger partial charge is 0.279 e. The molecule has 2 aromatic carbocycles. The number of hydrogen-bond acceptors (Lipinski definition) is 4. The van der Waals surface area contributed by atoms with Crippen LogP contribution in [-0.4, -0.2) is 16.2 Å². The molecule has 0 radical (unpaired) electrons. The zero-order chi connectivity index (χ0) is 13.6. The van der Waals surface area contributed by atoms with Gasteiger partial charge in [0.15, 0.2) is 0 Å². The van der Waals surface area contributed by atoms with Gasteiger partial charge in [-0.15, -0.1) is 0 Å². The summed E-state index contributed by atoms with van der Waals surface area (Å²) in [4.78, 5) is 8.55. The molecule has 4 nitrogen and oxygen atoms in total. The van der Waals surface area contributed by atoms with Crippen molar-refractivity contribution in [2.75, 3.05) is 5.43 Å².